The Bertz CT molecular complexity index is 327. The van der Waals surface area contributed by atoms with Gasteiger partial charge in [0, 0.05) is 41.7 Å². The first-order valence-corrected chi connectivity index (χ1v) is 8.67. The van der Waals surface area contributed by atoms with Crippen molar-refractivity contribution in [2.75, 3.05) is 87.2 Å². The fraction of sp³-hybridized carbons (Fsp3) is 0.824. The van der Waals surface area contributed by atoms with Crippen molar-refractivity contribution in [2.45, 2.75) is 6.92 Å². The van der Waals surface area contributed by atoms with Gasteiger partial charge in [0.1, 0.15) is 6.61 Å². The summed E-state index contributed by atoms with van der Waals surface area (Å²) < 4.78 is 21.2. The Labute approximate surface area is 178 Å². The number of hydrogen-bond donors (Lipinski definition) is 1. The topological polar surface area (TPSA) is 89.6 Å². The van der Waals surface area contributed by atoms with E-state index in [0.717, 1.165) is 6.41 Å². The summed E-state index contributed by atoms with van der Waals surface area (Å²) in [6.45, 7) is 9.30. The molecule has 0 spiro atoms. The predicted octanol–water partition coefficient (Wildman–Crippen LogP) is -0.386. The predicted molar refractivity (Wildman–Crippen MR) is 99.7 cm³/mol. The van der Waals surface area contributed by atoms with Crippen LogP contribution in [0, 0.1) is 6.92 Å². The Balaban J connectivity index is -0.00000185. The molecule has 0 heterocycles. The minimum Gasteiger partial charge on any atom is -0.377 e. The van der Waals surface area contributed by atoms with Crippen molar-refractivity contribution in [3.63, 3.8) is 0 Å². The van der Waals surface area contributed by atoms with Gasteiger partial charge in [-0.25, -0.2) is 0 Å². The van der Waals surface area contributed by atoms with Gasteiger partial charge >= 0.3 is 0 Å². The fourth-order valence-corrected chi connectivity index (χ4v) is 1.52. The van der Waals surface area contributed by atoms with Crippen molar-refractivity contribution in [3.8, 4) is 0 Å². The number of nitrogens with zero attached hydrogens (tertiary/aromatic N) is 2. The largest absolute Gasteiger partial charge is 0.377 e. The van der Waals surface area contributed by atoms with Crippen LogP contribution in [0.25, 0.3) is 0 Å². The Kier molecular flexibility index (Phi) is 29.3. The van der Waals surface area contributed by atoms with Crippen LogP contribution in [0.1, 0.15) is 6.92 Å². The first-order chi connectivity index (χ1) is 12.6. The van der Waals surface area contributed by atoms with E-state index in [2.05, 4.69) is 12.2 Å². The van der Waals surface area contributed by atoms with Crippen LogP contribution < -0.4 is 5.32 Å². The van der Waals surface area contributed by atoms with E-state index in [1.165, 1.54) is 4.90 Å². The molecule has 0 radical (unpaired) electrons. The molecule has 0 rings (SSSR count). The number of rotatable bonds is 17. The van der Waals surface area contributed by atoms with Gasteiger partial charge in [0.15, 0.2) is 0 Å². The molecule has 0 atom stereocenters. The molecule has 0 aliphatic rings. The molecule has 0 unspecified atom stereocenters. The van der Waals surface area contributed by atoms with Gasteiger partial charge in [-0.05, 0) is 7.05 Å². The molecule has 27 heavy (non-hydrogen) atoms. The minimum absolute atomic E-state index is 0. The SMILES string of the molecule is CNCN(C)C(=O)COCCOCCOCCOCCN(C)C=O.[CH2-]C.[W]. The Morgan fingerprint density at radius 1 is 0.926 bits per heavy atom. The third-order valence-corrected chi connectivity index (χ3v) is 2.93. The first-order valence-electron chi connectivity index (χ1n) is 8.67. The molecular formula is C17H36N3O6W-. The standard InChI is InChI=1S/C15H31N3O6.C2H5.W/c1-16-13-18(3)15(20)12-24-11-10-23-9-8-22-7-6-21-5-4-17(2)14-19;1-2;/h14,16H,4-13H2,1-3H3;1H2,2H3;/q;-1;. The molecule has 0 aliphatic heterocycles. The van der Waals surface area contributed by atoms with Crippen LogP contribution in [0.3, 0.4) is 0 Å². The summed E-state index contributed by atoms with van der Waals surface area (Å²) in [6.07, 6.45) is 0.761. The molecule has 0 saturated heterocycles. The molecule has 0 aromatic rings. The van der Waals surface area contributed by atoms with Gasteiger partial charge in [0.05, 0.1) is 52.9 Å². The van der Waals surface area contributed by atoms with E-state index < -0.39 is 0 Å². The van der Waals surface area contributed by atoms with Crippen LogP contribution in [-0.2, 0) is 49.6 Å². The van der Waals surface area contributed by atoms with Gasteiger partial charge in [-0.15, -0.1) is 0 Å². The maximum absolute atomic E-state index is 11.5. The molecule has 2 amide bonds. The fourth-order valence-electron chi connectivity index (χ4n) is 1.52. The van der Waals surface area contributed by atoms with E-state index in [4.69, 9.17) is 18.9 Å². The van der Waals surface area contributed by atoms with E-state index in [1.54, 1.807) is 33.0 Å². The minimum atomic E-state index is -0.0768. The number of ether oxygens (including phenoxy) is 4. The smallest absolute Gasteiger partial charge is 0.249 e. The summed E-state index contributed by atoms with van der Waals surface area (Å²) in [5, 5.41) is 2.89. The van der Waals surface area contributed by atoms with Crippen molar-refractivity contribution in [3.05, 3.63) is 6.92 Å². The monoisotopic (exact) mass is 562 g/mol. The molecule has 10 heteroatoms. The third-order valence-electron chi connectivity index (χ3n) is 2.93. The quantitative estimate of drug-likeness (QED) is 0.112. The van der Waals surface area contributed by atoms with E-state index in [1.807, 2.05) is 0 Å². The zero-order valence-corrected chi connectivity index (χ0v) is 20.0. The second kappa shape index (κ2) is 25.4. The van der Waals surface area contributed by atoms with Crippen molar-refractivity contribution in [2.24, 2.45) is 0 Å². The summed E-state index contributed by atoms with van der Waals surface area (Å²) in [6, 6.07) is 0. The molecule has 0 fully saturated rings. The van der Waals surface area contributed by atoms with Gasteiger partial charge in [0.2, 0.25) is 12.3 Å². The summed E-state index contributed by atoms with van der Waals surface area (Å²) in [7, 11) is 5.18. The summed E-state index contributed by atoms with van der Waals surface area (Å²) >= 11 is 0. The molecule has 1 N–H and O–H groups in total. The number of amides is 2. The van der Waals surface area contributed by atoms with Crippen molar-refractivity contribution in [1.82, 2.24) is 15.1 Å². The van der Waals surface area contributed by atoms with E-state index in [0.29, 0.717) is 59.5 Å². The Morgan fingerprint density at radius 3 is 1.81 bits per heavy atom. The van der Waals surface area contributed by atoms with Crippen LogP contribution in [0.2, 0.25) is 0 Å². The van der Waals surface area contributed by atoms with Crippen LogP contribution in [0.5, 0.6) is 0 Å². The third kappa shape index (κ3) is 23.4. The first kappa shape index (κ1) is 31.1. The zero-order chi connectivity index (χ0) is 20.0. The van der Waals surface area contributed by atoms with Gasteiger partial charge in [-0.3, -0.25) is 9.59 Å². The molecule has 0 aromatic carbocycles. The van der Waals surface area contributed by atoms with Crippen LogP contribution >= 0.6 is 0 Å². The average molecular weight is 562 g/mol. The maximum atomic E-state index is 11.5. The number of carbonyl (C=O) groups is 2. The second-order valence-corrected chi connectivity index (χ2v) is 5.08. The van der Waals surface area contributed by atoms with Gasteiger partial charge < -0.3 is 41.0 Å². The van der Waals surface area contributed by atoms with E-state index >= 15 is 0 Å². The molecule has 0 bridgehead atoms. The Hall–Kier alpha value is -0.572. The summed E-state index contributed by atoms with van der Waals surface area (Å²) in [5.74, 6) is -0.0768. The van der Waals surface area contributed by atoms with Crippen LogP contribution in [0.15, 0.2) is 0 Å². The number of likely N-dealkylation sites (N-methyl/N-ethyl adjacent to an activating group) is 2. The molecule has 0 aliphatic carbocycles. The second-order valence-electron chi connectivity index (χ2n) is 5.08. The average Bonchev–Trinajstić information content (AvgIpc) is 2.66. The number of hydrogen-bond acceptors (Lipinski definition) is 7. The summed E-state index contributed by atoms with van der Waals surface area (Å²) in [4.78, 5) is 24.9. The van der Waals surface area contributed by atoms with E-state index in [9.17, 15) is 9.59 Å². The Morgan fingerprint density at radius 2 is 1.37 bits per heavy atom. The number of carbonyl (C=O) groups excluding carboxylic acids is 2. The van der Waals surface area contributed by atoms with Crippen molar-refractivity contribution < 1.29 is 49.6 Å². The normalized spacial score (nSPS) is 9.67. The molecule has 0 aromatic heterocycles. The van der Waals surface area contributed by atoms with Crippen LogP contribution in [0.4, 0.5) is 0 Å². The molecule has 0 saturated carbocycles. The molecule has 9 nitrogen and oxygen atoms in total. The molecule has 162 valence electrons. The number of nitrogens with one attached hydrogen (secondary N) is 1. The van der Waals surface area contributed by atoms with E-state index in [-0.39, 0.29) is 33.6 Å². The van der Waals surface area contributed by atoms with Gasteiger partial charge in [-0.1, -0.05) is 0 Å². The van der Waals surface area contributed by atoms with Gasteiger partial charge in [0.25, 0.3) is 0 Å². The maximum Gasteiger partial charge on any atom is 0.249 e. The molecular weight excluding hydrogens is 526 g/mol. The van der Waals surface area contributed by atoms with Gasteiger partial charge in [-0.2, -0.15) is 6.92 Å². The van der Waals surface area contributed by atoms with Crippen molar-refractivity contribution in [1.29, 1.82) is 0 Å². The van der Waals surface area contributed by atoms with Crippen LogP contribution in [-0.4, -0.2) is 109 Å². The summed E-state index contributed by atoms with van der Waals surface area (Å²) in [5.41, 5.74) is 0. The van der Waals surface area contributed by atoms with Crippen molar-refractivity contribution >= 4 is 12.3 Å². The zero-order valence-electron chi connectivity index (χ0n) is 17.1.